The molecular weight excluding hydrogens is 379 g/mol. The summed E-state index contributed by atoms with van der Waals surface area (Å²) >= 11 is 0. The van der Waals surface area contributed by atoms with Crippen molar-refractivity contribution in [3.05, 3.63) is 28.3 Å². The molecule has 0 unspecified atom stereocenters. The van der Waals surface area contributed by atoms with Crippen LogP contribution < -0.4 is 4.74 Å². The van der Waals surface area contributed by atoms with E-state index >= 15 is 0 Å². The van der Waals surface area contributed by atoms with Crippen LogP contribution >= 0.6 is 0 Å². The lowest BCUT2D eigenvalue weighted by atomic mass is 10.3. The van der Waals surface area contributed by atoms with Crippen LogP contribution in [0.4, 0.5) is 18.9 Å². The average Bonchev–Trinajstić information content (AvgIpc) is 2.58. The summed E-state index contributed by atoms with van der Waals surface area (Å²) in [4.78, 5) is 25.0. The number of ether oxygens (including phenoxy) is 1. The van der Waals surface area contributed by atoms with Crippen molar-refractivity contribution in [2.24, 2.45) is 0 Å². The number of nitrogens with zero attached hydrogens (tertiary/aromatic N) is 3. The van der Waals surface area contributed by atoms with Crippen molar-refractivity contribution in [1.29, 1.82) is 0 Å². The first-order valence-electron chi connectivity index (χ1n) is 7.45. The maximum Gasteiger partial charge on any atom is 0.475 e. The molecule has 1 aromatic carbocycles. The van der Waals surface area contributed by atoms with E-state index in [-0.39, 0.29) is 11.7 Å². The van der Waals surface area contributed by atoms with Gasteiger partial charge in [0.2, 0.25) is 0 Å². The summed E-state index contributed by atoms with van der Waals surface area (Å²) in [6.07, 6.45) is 0. The first kappa shape index (κ1) is 20.1. The number of rotatable bonds is 5. The van der Waals surface area contributed by atoms with E-state index in [9.17, 15) is 32.3 Å². The van der Waals surface area contributed by atoms with Gasteiger partial charge in [0.1, 0.15) is 0 Å². The first-order valence-corrected chi connectivity index (χ1v) is 8.60. The Balaban J connectivity index is 2.10. The molecule has 1 aliphatic heterocycles. The Bertz CT molecular complexity index is 720. The van der Waals surface area contributed by atoms with Gasteiger partial charge in [0.25, 0.3) is 5.91 Å². The molecule has 1 atom stereocenters. The van der Waals surface area contributed by atoms with E-state index in [4.69, 9.17) is 4.74 Å². The van der Waals surface area contributed by atoms with Crippen LogP contribution in [-0.2, 0) is 15.6 Å². The zero-order valence-electron chi connectivity index (χ0n) is 13.7. The lowest BCUT2D eigenvalue weighted by Crippen LogP contribution is -2.48. The molecule has 144 valence electrons. The van der Waals surface area contributed by atoms with Crippen LogP contribution in [0, 0.1) is 10.1 Å². The number of amides is 1. The third-order valence-electron chi connectivity index (χ3n) is 3.76. The molecule has 1 aliphatic rings. The van der Waals surface area contributed by atoms with E-state index in [2.05, 4.69) is 0 Å². The molecule has 0 saturated carbocycles. The van der Waals surface area contributed by atoms with Gasteiger partial charge in [0.05, 0.1) is 9.82 Å². The zero-order chi connectivity index (χ0) is 19.5. The van der Waals surface area contributed by atoms with E-state index in [0.29, 0.717) is 32.2 Å². The SMILES string of the molecule is CN1CCN(C(=O)COc2ccc([S@@](=O)C(F)(F)F)cc2[N+](=O)[O-])CC1. The quantitative estimate of drug-likeness (QED) is 0.552. The molecule has 2 rings (SSSR count). The number of nitro benzene ring substituents is 1. The Labute approximate surface area is 149 Å². The smallest absolute Gasteiger partial charge is 0.475 e. The topological polar surface area (TPSA) is 93.0 Å². The van der Waals surface area contributed by atoms with Crippen molar-refractivity contribution in [1.82, 2.24) is 9.80 Å². The molecule has 0 N–H and O–H groups in total. The average molecular weight is 395 g/mol. The fourth-order valence-corrected chi connectivity index (χ4v) is 2.98. The van der Waals surface area contributed by atoms with Gasteiger partial charge in [-0.05, 0) is 19.2 Å². The highest BCUT2D eigenvalue weighted by Gasteiger charge is 2.39. The minimum Gasteiger partial charge on any atom is -0.477 e. The van der Waals surface area contributed by atoms with Crippen LogP contribution in [0.1, 0.15) is 0 Å². The molecule has 1 saturated heterocycles. The molecule has 1 heterocycles. The molecule has 0 spiro atoms. The van der Waals surface area contributed by atoms with Crippen molar-refractivity contribution in [2.75, 3.05) is 39.8 Å². The van der Waals surface area contributed by atoms with E-state index in [0.717, 1.165) is 12.1 Å². The summed E-state index contributed by atoms with van der Waals surface area (Å²) in [7, 11) is -1.48. The van der Waals surface area contributed by atoms with E-state index in [1.54, 1.807) is 4.90 Å². The first-order chi connectivity index (χ1) is 12.1. The van der Waals surface area contributed by atoms with Gasteiger partial charge in [0, 0.05) is 32.2 Å². The Morgan fingerprint density at radius 2 is 1.92 bits per heavy atom. The minimum absolute atomic E-state index is 0.361. The number of hydrogen-bond donors (Lipinski definition) is 0. The third-order valence-corrected chi connectivity index (χ3v) is 4.86. The Kier molecular flexibility index (Phi) is 6.18. The molecule has 1 amide bonds. The normalized spacial score (nSPS) is 17.0. The molecule has 0 aliphatic carbocycles. The molecular formula is C14H16F3N3O5S. The minimum atomic E-state index is -5.03. The fourth-order valence-electron chi connectivity index (χ4n) is 2.30. The summed E-state index contributed by atoms with van der Waals surface area (Å²) in [5.41, 5.74) is -5.82. The number of piperazine rings is 1. The van der Waals surface area contributed by atoms with Gasteiger partial charge in [-0.15, -0.1) is 0 Å². The number of halogens is 3. The van der Waals surface area contributed by atoms with Gasteiger partial charge in [-0.1, -0.05) is 0 Å². The van der Waals surface area contributed by atoms with Gasteiger partial charge in [-0.2, -0.15) is 13.2 Å². The van der Waals surface area contributed by atoms with Crippen LogP contribution in [0.5, 0.6) is 5.75 Å². The summed E-state index contributed by atoms with van der Waals surface area (Å²) in [5, 5.41) is 11.1. The van der Waals surface area contributed by atoms with Crippen LogP contribution in [0.15, 0.2) is 23.1 Å². The zero-order valence-corrected chi connectivity index (χ0v) is 14.5. The summed E-state index contributed by atoms with van der Waals surface area (Å²) in [5.74, 6) is -0.740. The van der Waals surface area contributed by atoms with Crippen LogP contribution in [0.2, 0.25) is 0 Å². The Hall–Kier alpha value is -2.21. The summed E-state index contributed by atoms with van der Waals surface area (Å²) < 4.78 is 53.9. The number of nitro groups is 1. The Morgan fingerprint density at radius 3 is 2.46 bits per heavy atom. The third kappa shape index (κ3) is 4.91. The van der Waals surface area contributed by atoms with Crippen LogP contribution in [0.3, 0.4) is 0 Å². The highest BCUT2D eigenvalue weighted by molar-refractivity contribution is 7.86. The molecule has 12 heteroatoms. The summed E-state index contributed by atoms with van der Waals surface area (Å²) in [6.45, 7) is 1.87. The number of alkyl halides is 3. The second-order valence-electron chi connectivity index (χ2n) is 5.57. The molecule has 1 fully saturated rings. The van der Waals surface area contributed by atoms with Gasteiger partial charge >= 0.3 is 11.2 Å². The lowest BCUT2D eigenvalue weighted by molar-refractivity contribution is -0.386. The second-order valence-corrected chi connectivity index (χ2v) is 7.05. The van der Waals surface area contributed by atoms with Crippen molar-refractivity contribution < 1.29 is 31.8 Å². The maximum absolute atomic E-state index is 12.5. The Morgan fingerprint density at radius 1 is 1.31 bits per heavy atom. The van der Waals surface area contributed by atoms with E-state index in [1.165, 1.54) is 0 Å². The number of hydrogen-bond acceptors (Lipinski definition) is 6. The van der Waals surface area contributed by atoms with Crippen molar-refractivity contribution in [3.8, 4) is 5.75 Å². The molecule has 0 bridgehead atoms. The van der Waals surface area contributed by atoms with Crippen LogP contribution in [-0.4, -0.2) is 70.2 Å². The molecule has 1 aromatic rings. The number of benzene rings is 1. The fraction of sp³-hybridized carbons (Fsp3) is 0.500. The van der Waals surface area contributed by atoms with E-state index < -0.39 is 38.4 Å². The molecule has 8 nitrogen and oxygen atoms in total. The highest BCUT2D eigenvalue weighted by Crippen LogP contribution is 2.33. The molecule has 0 radical (unpaired) electrons. The highest BCUT2D eigenvalue weighted by atomic mass is 32.2. The van der Waals surface area contributed by atoms with Crippen LogP contribution in [0.25, 0.3) is 0 Å². The predicted molar refractivity (Wildman–Crippen MR) is 85.1 cm³/mol. The number of carbonyl (C=O) groups is 1. The van der Waals surface area contributed by atoms with Crippen molar-refractivity contribution in [2.45, 2.75) is 10.4 Å². The van der Waals surface area contributed by atoms with E-state index in [1.807, 2.05) is 11.9 Å². The van der Waals surface area contributed by atoms with Gasteiger partial charge in [0.15, 0.2) is 23.2 Å². The lowest BCUT2D eigenvalue weighted by Gasteiger charge is -2.32. The maximum atomic E-state index is 12.5. The van der Waals surface area contributed by atoms with Gasteiger partial charge in [-0.25, -0.2) is 4.21 Å². The summed E-state index contributed by atoms with van der Waals surface area (Å²) in [6, 6.07) is 2.28. The standard InChI is InChI=1S/C14H16F3N3O5S/c1-18-4-6-19(7-5-18)13(21)9-25-12-3-2-10(8-11(12)20(22)23)26(24)14(15,16)17/h2-3,8H,4-7,9H2,1H3/t26-/m1/s1. The second kappa shape index (κ2) is 7.99. The van der Waals surface area contributed by atoms with Gasteiger partial charge in [-0.3, -0.25) is 14.9 Å². The largest absolute Gasteiger partial charge is 0.477 e. The predicted octanol–water partition coefficient (Wildman–Crippen LogP) is 1.37. The van der Waals surface area contributed by atoms with Gasteiger partial charge < -0.3 is 14.5 Å². The molecule has 0 aromatic heterocycles. The molecule has 26 heavy (non-hydrogen) atoms. The number of likely N-dealkylation sites (N-methyl/N-ethyl adjacent to an activating group) is 1. The monoisotopic (exact) mass is 395 g/mol. The van der Waals surface area contributed by atoms with Crippen molar-refractivity contribution >= 4 is 22.4 Å². The van der Waals surface area contributed by atoms with Crippen molar-refractivity contribution in [3.63, 3.8) is 0 Å². The number of carbonyl (C=O) groups excluding carboxylic acids is 1.